The van der Waals surface area contributed by atoms with Gasteiger partial charge in [-0.05, 0) is 32.4 Å². The number of hydrogen-bond acceptors (Lipinski definition) is 3. The summed E-state index contributed by atoms with van der Waals surface area (Å²) in [4.78, 5) is 11.4. The summed E-state index contributed by atoms with van der Waals surface area (Å²) in [6.45, 7) is 4.27. The SMILES string of the molecule is Cc1ccc(OCCCC(=O)NC(C)CO)cc1. The molecule has 0 fully saturated rings. The summed E-state index contributed by atoms with van der Waals surface area (Å²) >= 11 is 0. The number of rotatable bonds is 7. The number of carbonyl (C=O) groups excluding carboxylic acids is 1. The van der Waals surface area contributed by atoms with Gasteiger partial charge in [0, 0.05) is 12.5 Å². The molecule has 4 nitrogen and oxygen atoms in total. The predicted octanol–water partition coefficient (Wildman–Crippen LogP) is 1.65. The predicted molar refractivity (Wildman–Crippen MR) is 70.6 cm³/mol. The van der Waals surface area contributed by atoms with Gasteiger partial charge in [0.25, 0.3) is 0 Å². The summed E-state index contributed by atoms with van der Waals surface area (Å²) in [5.41, 5.74) is 1.19. The Morgan fingerprint density at radius 1 is 1.39 bits per heavy atom. The van der Waals surface area contributed by atoms with Gasteiger partial charge in [-0.15, -0.1) is 0 Å². The van der Waals surface area contributed by atoms with Gasteiger partial charge in [-0.3, -0.25) is 4.79 Å². The molecule has 1 amide bonds. The van der Waals surface area contributed by atoms with Crippen LogP contribution < -0.4 is 10.1 Å². The molecule has 0 aliphatic heterocycles. The van der Waals surface area contributed by atoms with Crippen LogP contribution in [-0.4, -0.2) is 30.3 Å². The molecule has 4 heteroatoms. The topological polar surface area (TPSA) is 58.6 Å². The molecular weight excluding hydrogens is 230 g/mol. The van der Waals surface area contributed by atoms with E-state index in [2.05, 4.69) is 5.32 Å². The number of ether oxygens (including phenoxy) is 1. The normalized spacial score (nSPS) is 11.9. The van der Waals surface area contributed by atoms with Crippen molar-refractivity contribution in [2.24, 2.45) is 0 Å². The third-order valence-electron chi connectivity index (χ3n) is 2.52. The van der Waals surface area contributed by atoms with Crippen LogP contribution >= 0.6 is 0 Å². The Labute approximate surface area is 108 Å². The molecule has 0 saturated heterocycles. The van der Waals surface area contributed by atoms with E-state index in [0.717, 1.165) is 5.75 Å². The second kappa shape index (κ2) is 7.71. The number of aryl methyl sites for hydroxylation is 1. The van der Waals surface area contributed by atoms with Gasteiger partial charge < -0.3 is 15.2 Å². The summed E-state index contributed by atoms with van der Waals surface area (Å²) in [6.07, 6.45) is 1.08. The zero-order valence-corrected chi connectivity index (χ0v) is 11.0. The fourth-order valence-electron chi connectivity index (χ4n) is 1.45. The van der Waals surface area contributed by atoms with Crippen molar-refractivity contribution in [3.8, 4) is 5.75 Å². The second-order valence-corrected chi connectivity index (χ2v) is 4.42. The average Bonchev–Trinajstić information content (AvgIpc) is 2.36. The maximum Gasteiger partial charge on any atom is 0.220 e. The monoisotopic (exact) mass is 251 g/mol. The molecule has 0 bridgehead atoms. The third-order valence-corrected chi connectivity index (χ3v) is 2.52. The first-order valence-corrected chi connectivity index (χ1v) is 6.21. The first kappa shape index (κ1) is 14.5. The quantitative estimate of drug-likeness (QED) is 0.724. The maximum absolute atomic E-state index is 11.4. The van der Waals surface area contributed by atoms with Gasteiger partial charge in [0.1, 0.15) is 5.75 Å². The maximum atomic E-state index is 11.4. The van der Waals surface area contributed by atoms with Crippen LogP contribution in [0.4, 0.5) is 0 Å². The van der Waals surface area contributed by atoms with E-state index >= 15 is 0 Å². The molecule has 100 valence electrons. The molecule has 0 radical (unpaired) electrons. The lowest BCUT2D eigenvalue weighted by atomic mass is 10.2. The Morgan fingerprint density at radius 2 is 2.06 bits per heavy atom. The van der Waals surface area contributed by atoms with Gasteiger partial charge in [0.2, 0.25) is 5.91 Å². The van der Waals surface area contributed by atoms with Gasteiger partial charge >= 0.3 is 0 Å². The van der Waals surface area contributed by atoms with Gasteiger partial charge in [-0.1, -0.05) is 17.7 Å². The van der Waals surface area contributed by atoms with Crippen LogP contribution in [0.15, 0.2) is 24.3 Å². The number of amides is 1. The minimum Gasteiger partial charge on any atom is -0.494 e. The van der Waals surface area contributed by atoms with Crippen molar-refractivity contribution in [3.05, 3.63) is 29.8 Å². The molecule has 0 aliphatic rings. The molecule has 0 spiro atoms. The van der Waals surface area contributed by atoms with Crippen LogP contribution in [0.3, 0.4) is 0 Å². The summed E-state index contributed by atoms with van der Waals surface area (Å²) in [5, 5.41) is 11.5. The molecule has 2 N–H and O–H groups in total. The fourth-order valence-corrected chi connectivity index (χ4v) is 1.45. The fraction of sp³-hybridized carbons (Fsp3) is 0.500. The van der Waals surface area contributed by atoms with E-state index in [9.17, 15) is 4.79 Å². The summed E-state index contributed by atoms with van der Waals surface area (Å²) < 4.78 is 5.51. The highest BCUT2D eigenvalue weighted by molar-refractivity contribution is 5.76. The van der Waals surface area contributed by atoms with Gasteiger partial charge in [-0.25, -0.2) is 0 Å². The first-order chi connectivity index (χ1) is 8.61. The Kier molecular flexibility index (Phi) is 6.22. The minimum absolute atomic E-state index is 0.0361. The van der Waals surface area contributed by atoms with Crippen LogP contribution in [0, 0.1) is 6.92 Å². The van der Waals surface area contributed by atoms with E-state index < -0.39 is 0 Å². The summed E-state index contributed by atoms with van der Waals surface area (Å²) in [7, 11) is 0. The molecule has 1 unspecified atom stereocenters. The van der Waals surface area contributed by atoms with Gasteiger partial charge in [0.05, 0.1) is 13.2 Å². The van der Waals surface area contributed by atoms with Crippen molar-refractivity contribution in [2.75, 3.05) is 13.2 Å². The lowest BCUT2D eigenvalue weighted by Crippen LogP contribution is -2.34. The number of aliphatic hydroxyl groups excluding tert-OH is 1. The molecule has 18 heavy (non-hydrogen) atoms. The first-order valence-electron chi connectivity index (χ1n) is 6.21. The van der Waals surface area contributed by atoms with E-state index in [1.54, 1.807) is 6.92 Å². The minimum atomic E-state index is -0.185. The van der Waals surface area contributed by atoms with Crippen LogP contribution in [0.5, 0.6) is 5.75 Å². The van der Waals surface area contributed by atoms with Crippen molar-refractivity contribution in [2.45, 2.75) is 32.7 Å². The van der Waals surface area contributed by atoms with Crippen molar-refractivity contribution in [1.82, 2.24) is 5.32 Å². The van der Waals surface area contributed by atoms with Crippen LogP contribution in [-0.2, 0) is 4.79 Å². The standard InChI is InChI=1S/C14H21NO3/c1-11-5-7-13(8-6-11)18-9-3-4-14(17)15-12(2)10-16/h5-8,12,16H,3-4,9-10H2,1-2H3,(H,15,17). The van der Waals surface area contributed by atoms with E-state index in [-0.39, 0.29) is 18.6 Å². The van der Waals surface area contributed by atoms with Crippen molar-refractivity contribution in [1.29, 1.82) is 0 Å². The zero-order valence-electron chi connectivity index (χ0n) is 11.0. The Balaban J connectivity index is 2.15. The lowest BCUT2D eigenvalue weighted by molar-refractivity contribution is -0.122. The van der Waals surface area contributed by atoms with Crippen LogP contribution in [0.2, 0.25) is 0 Å². The molecule has 1 aromatic carbocycles. The third kappa shape index (κ3) is 5.68. The molecule has 0 aromatic heterocycles. The van der Waals surface area contributed by atoms with Gasteiger partial charge in [-0.2, -0.15) is 0 Å². The highest BCUT2D eigenvalue weighted by atomic mass is 16.5. The van der Waals surface area contributed by atoms with E-state index in [0.29, 0.717) is 19.4 Å². The van der Waals surface area contributed by atoms with E-state index in [4.69, 9.17) is 9.84 Å². The number of benzene rings is 1. The van der Waals surface area contributed by atoms with Crippen molar-refractivity contribution in [3.63, 3.8) is 0 Å². The van der Waals surface area contributed by atoms with E-state index in [1.807, 2.05) is 31.2 Å². The lowest BCUT2D eigenvalue weighted by Gasteiger charge is -2.11. The summed E-state index contributed by atoms with van der Waals surface area (Å²) in [6, 6.07) is 7.64. The highest BCUT2D eigenvalue weighted by Gasteiger charge is 2.05. The molecule has 1 atom stereocenters. The van der Waals surface area contributed by atoms with Crippen LogP contribution in [0.25, 0.3) is 0 Å². The Morgan fingerprint density at radius 3 is 2.67 bits per heavy atom. The van der Waals surface area contributed by atoms with Gasteiger partial charge in [0.15, 0.2) is 0 Å². The highest BCUT2D eigenvalue weighted by Crippen LogP contribution is 2.11. The number of hydrogen-bond donors (Lipinski definition) is 2. The Bertz CT molecular complexity index is 362. The molecule has 0 aliphatic carbocycles. The van der Waals surface area contributed by atoms with E-state index in [1.165, 1.54) is 5.56 Å². The smallest absolute Gasteiger partial charge is 0.220 e. The molecular formula is C14H21NO3. The number of aliphatic hydroxyl groups is 1. The second-order valence-electron chi connectivity index (χ2n) is 4.42. The average molecular weight is 251 g/mol. The van der Waals surface area contributed by atoms with Crippen molar-refractivity contribution < 1.29 is 14.6 Å². The Hall–Kier alpha value is -1.55. The molecule has 1 rings (SSSR count). The summed E-state index contributed by atoms with van der Waals surface area (Å²) in [5.74, 6) is 0.772. The molecule has 0 heterocycles. The number of nitrogens with one attached hydrogen (secondary N) is 1. The zero-order chi connectivity index (χ0) is 13.4. The molecule has 1 aromatic rings. The van der Waals surface area contributed by atoms with Crippen molar-refractivity contribution >= 4 is 5.91 Å². The number of carbonyl (C=O) groups is 1. The largest absolute Gasteiger partial charge is 0.494 e. The molecule has 0 saturated carbocycles. The van der Waals surface area contributed by atoms with Crippen LogP contribution in [0.1, 0.15) is 25.3 Å².